The van der Waals surface area contributed by atoms with Crippen LogP contribution in [0.25, 0.3) is 0 Å². The van der Waals surface area contributed by atoms with E-state index in [9.17, 15) is 13.2 Å². The minimum atomic E-state index is -4.38. The van der Waals surface area contributed by atoms with Crippen LogP contribution in [0.1, 0.15) is 72.1 Å². The van der Waals surface area contributed by atoms with Crippen molar-refractivity contribution in [2.75, 3.05) is 0 Å². The van der Waals surface area contributed by atoms with Crippen molar-refractivity contribution in [1.82, 2.24) is 0 Å². The fraction of sp³-hybridized carbons (Fsp3) is 0.857. The topological polar surface area (TPSA) is 80.7 Å². The fourth-order valence-corrected chi connectivity index (χ4v) is 8.11. The molecule has 0 aromatic rings. The molecule has 0 unspecified atom stereocenters. The van der Waals surface area contributed by atoms with Crippen LogP contribution in [-0.2, 0) is 19.4 Å². The number of carbonyl (C=O) groups is 1. The van der Waals surface area contributed by atoms with Crippen molar-refractivity contribution < 1.29 is 21.9 Å². The Labute approximate surface area is 191 Å². The zero-order chi connectivity index (χ0) is 19.6. The van der Waals surface area contributed by atoms with Crippen LogP contribution in [0.4, 0.5) is 0 Å². The Hall–Kier alpha value is 0.280. The molecule has 0 bridgehead atoms. The average Bonchev–Trinajstić information content (AvgIpc) is 2.91. The standard InChI is InChI=1S/C21H32O5S.Na/c1-13(22)17-6-7-18-16-5-4-14-12-15(26-27(23,24)25)8-10-20(14,2)19(16)9-11-21(17,18)3;/h6,14-16,18-19H,4-5,7-12H2,1-3H3,(H,23,24,25);/t14-,15-,16-,18-,19-,20-,21+;/m0./s1. The second-order valence-corrected chi connectivity index (χ2v) is 11.0. The second kappa shape index (κ2) is 7.76. The number of ketones is 1. The predicted octanol–water partition coefficient (Wildman–Crippen LogP) is 3.96. The van der Waals surface area contributed by atoms with E-state index < -0.39 is 10.4 Å². The van der Waals surface area contributed by atoms with Crippen LogP contribution in [0, 0.1) is 34.5 Å². The van der Waals surface area contributed by atoms with E-state index in [1.54, 1.807) is 6.92 Å². The summed E-state index contributed by atoms with van der Waals surface area (Å²) < 4.78 is 36.2. The summed E-state index contributed by atoms with van der Waals surface area (Å²) >= 11 is 0. The Morgan fingerprint density at radius 2 is 1.86 bits per heavy atom. The summed E-state index contributed by atoms with van der Waals surface area (Å²) in [5, 5.41) is 0. The van der Waals surface area contributed by atoms with Crippen LogP contribution in [0.15, 0.2) is 11.6 Å². The molecule has 3 fully saturated rings. The van der Waals surface area contributed by atoms with E-state index in [1.807, 2.05) is 0 Å². The van der Waals surface area contributed by atoms with E-state index in [4.69, 9.17) is 8.74 Å². The molecule has 153 valence electrons. The smallest absolute Gasteiger partial charge is 0.295 e. The normalized spacial score (nSPS) is 45.1. The molecule has 1 radical (unpaired) electrons. The monoisotopic (exact) mass is 419 g/mol. The molecule has 3 saturated carbocycles. The van der Waals surface area contributed by atoms with Gasteiger partial charge in [-0.25, -0.2) is 4.18 Å². The molecule has 0 aliphatic heterocycles. The third-order valence-corrected chi connectivity index (χ3v) is 9.35. The van der Waals surface area contributed by atoms with Crippen LogP contribution < -0.4 is 0 Å². The van der Waals surface area contributed by atoms with Gasteiger partial charge >= 0.3 is 10.4 Å². The Morgan fingerprint density at radius 1 is 1.14 bits per heavy atom. The number of rotatable bonds is 3. The Morgan fingerprint density at radius 3 is 2.50 bits per heavy atom. The summed E-state index contributed by atoms with van der Waals surface area (Å²) in [6, 6.07) is 0. The van der Waals surface area contributed by atoms with Gasteiger partial charge in [0.05, 0.1) is 6.10 Å². The van der Waals surface area contributed by atoms with E-state index in [1.165, 1.54) is 0 Å². The molecule has 4 aliphatic rings. The van der Waals surface area contributed by atoms with Crippen molar-refractivity contribution in [3.05, 3.63) is 11.6 Å². The van der Waals surface area contributed by atoms with Gasteiger partial charge in [-0.15, -0.1) is 0 Å². The van der Waals surface area contributed by atoms with E-state index >= 15 is 0 Å². The molecule has 0 saturated heterocycles. The number of allylic oxidation sites excluding steroid dienone is 2. The number of Topliss-reactive ketones (excluding diaryl/α,β-unsaturated/α-hetero) is 1. The zero-order valence-corrected chi connectivity index (χ0v) is 20.4. The summed E-state index contributed by atoms with van der Waals surface area (Å²) in [5.74, 6) is 2.55. The predicted molar refractivity (Wildman–Crippen MR) is 108 cm³/mol. The van der Waals surface area contributed by atoms with E-state index in [-0.39, 0.29) is 52.3 Å². The molecule has 4 rings (SSSR count). The molecular weight excluding hydrogens is 387 g/mol. The molecule has 5 nitrogen and oxygen atoms in total. The summed E-state index contributed by atoms with van der Waals surface area (Å²) in [4.78, 5) is 12.2. The summed E-state index contributed by atoms with van der Waals surface area (Å²) in [5.41, 5.74) is 1.31. The molecular formula is C21H32NaO5S. The minimum Gasteiger partial charge on any atom is -0.295 e. The first kappa shape index (κ1) is 23.0. The SMILES string of the molecule is CC(=O)C1=CC[C@H]2[C@@H]3CC[C@H]4C[C@@H](OS(=O)(=O)O)CC[C@]4(C)[C@H]3CC[C@]12C.[Na]. The summed E-state index contributed by atoms with van der Waals surface area (Å²) in [6.07, 6.45) is 9.69. The third-order valence-electron chi connectivity index (χ3n) is 8.84. The van der Waals surface area contributed by atoms with E-state index in [0.29, 0.717) is 30.1 Å². The molecule has 0 aromatic carbocycles. The molecule has 28 heavy (non-hydrogen) atoms. The maximum Gasteiger partial charge on any atom is 0.397 e. The van der Waals surface area contributed by atoms with Crippen molar-refractivity contribution >= 4 is 45.7 Å². The molecule has 4 aliphatic carbocycles. The molecule has 7 heteroatoms. The maximum atomic E-state index is 12.2. The van der Waals surface area contributed by atoms with Crippen LogP contribution in [0.5, 0.6) is 0 Å². The van der Waals surface area contributed by atoms with Crippen molar-refractivity contribution in [3.8, 4) is 0 Å². The first-order chi connectivity index (χ1) is 12.5. The van der Waals surface area contributed by atoms with Crippen LogP contribution in [-0.4, -0.2) is 54.4 Å². The summed E-state index contributed by atoms with van der Waals surface area (Å²) in [6.45, 7) is 6.41. The van der Waals surface area contributed by atoms with Crippen molar-refractivity contribution in [2.24, 2.45) is 34.5 Å². The van der Waals surface area contributed by atoms with Gasteiger partial charge in [0.25, 0.3) is 0 Å². The molecule has 0 heterocycles. The Balaban J connectivity index is 0.00000225. The largest absolute Gasteiger partial charge is 0.397 e. The molecule has 0 spiro atoms. The number of fused-ring (bicyclic) bond motifs is 5. The molecule has 1 N–H and O–H groups in total. The zero-order valence-electron chi connectivity index (χ0n) is 17.6. The van der Waals surface area contributed by atoms with Gasteiger partial charge in [-0.1, -0.05) is 19.9 Å². The van der Waals surface area contributed by atoms with Gasteiger partial charge in [-0.3, -0.25) is 9.35 Å². The molecule has 7 atom stereocenters. The minimum absolute atomic E-state index is 0. The van der Waals surface area contributed by atoms with Gasteiger partial charge in [0.2, 0.25) is 0 Å². The van der Waals surface area contributed by atoms with Gasteiger partial charge in [0.15, 0.2) is 5.78 Å². The van der Waals surface area contributed by atoms with Crippen LogP contribution in [0.3, 0.4) is 0 Å². The Bertz CT molecular complexity index is 778. The van der Waals surface area contributed by atoms with Crippen molar-refractivity contribution in [1.29, 1.82) is 0 Å². The second-order valence-electron chi connectivity index (χ2n) is 9.94. The number of hydrogen-bond acceptors (Lipinski definition) is 4. The maximum absolute atomic E-state index is 12.2. The number of hydrogen-bond donors (Lipinski definition) is 1. The van der Waals surface area contributed by atoms with Gasteiger partial charge in [-0.2, -0.15) is 8.42 Å². The third kappa shape index (κ3) is 3.71. The van der Waals surface area contributed by atoms with Crippen molar-refractivity contribution in [3.63, 3.8) is 0 Å². The van der Waals surface area contributed by atoms with E-state index in [0.717, 1.165) is 50.5 Å². The summed E-state index contributed by atoms with van der Waals surface area (Å²) in [7, 11) is -4.38. The quantitative estimate of drug-likeness (QED) is 0.553. The van der Waals surface area contributed by atoms with Crippen LogP contribution in [0.2, 0.25) is 0 Å². The molecule has 0 amide bonds. The Kier molecular flexibility index (Phi) is 6.36. The fourth-order valence-electron chi connectivity index (χ4n) is 7.59. The van der Waals surface area contributed by atoms with Gasteiger partial charge in [0, 0.05) is 29.6 Å². The van der Waals surface area contributed by atoms with Gasteiger partial charge < -0.3 is 0 Å². The first-order valence-corrected chi connectivity index (χ1v) is 11.8. The van der Waals surface area contributed by atoms with Gasteiger partial charge in [0.1, 0.15) is 0 Å². The van der Waals surface area contributed by atoms with E-state index in [2.05, 4.69) is 19.9 Å². The van der Waals surface area contributed by atoms with Gasteiger partial charge in [-0.05, 0) is 98.4 Å². The average molecular weight is 420 g/mol. The number of carbonyl (C=O) groups excluding carboxylic acids is 1. The molecule has 0 aromatic heterocycles. The van der Waals surface area contributed by atoms with Crippen LogP contribution >= 0.6 is 0 Å². The first-order valence-electron chi connectivity index (χ1n) is 10.4. The van der Waals surface area contributed by atoms with Crippen molar-refractivity contribution in [2.45, 2.75) is 78.2 Å².